The van der Waals surface area contributed by atoms with Crippen LogP contribution in [0.2, 0.25) is 5.22 Å². The van der Waals surface area contributed by atoms with Gasteiger partial charge in [-0.3, -0.25) is 0 Å². The molecule has 3 heteroatoms. The van der Waals surface area contributed by atoms with Crippen molar-refractivity contribution < 1.29 is 4.42 Å². The van der Waals surface area contributed by atoms with Gasteiger partial charge in [0.2, 0.25) is 0 Å². The van der Waals surface area contributed by atoms with Gasteiger partial charge in [0.05, 0.1) is 6.54 Å². The van der Waals surface area contributed by atoms with Gasteiger partial charge in [-0.25, -0.2) is 0 Å². The van der Waals surface area contributed by atoms with Crippen LogP contribution < -0.4 is 5.32 Å². The molecule has 4 fully saturated rings. The predicted octanol–water partition coefficient (Wildman–Crippen LogP) is 4.77. The first-order chi connectivity index (χ1) is 9.38. The maximum absolute atomic E-state index is 5.86. The molecule has 2 atom stereocenters. The molecule has 1 aromatic heterocycles. The third-order valence-electron chi connectivity index (χ3n) is 5.89. The third-order valence-corrected chi connectivity index (χ3v) is 6.10. The van der Waals surface area contributed by atoms with Gasteiger partial charge in [-0.05, 0) is 79.0 Å². The molecule has 5 rings (SSSR count). The Morgan fingerprint density at radius 3 is 2.40 bits per heavy atom. The number of furan rings is 1. The zero-order valence-electron chi connectivity index (χ0n) is 12.5. The molecule has 0 aromatic carbocycles. The molecule has 110 valence electrons. The summed E-state index contributed by atoms with van der Waals surface area (Å²) in [6.07, 6.45) is 8.33. The van der Waals surface area contributed by atoms with Crippen LogP contribution in [0.4, 0.5) is 0 Å². The van der Waals surface area contributed by atoms with Gasteiger partial charge in [0.15, 0.2) is 5.22 Å². The molecule has 1 heterocycles. The molecule has 2 nitrogen and oxygen atoms in total. The van der Waals surface area contributed by atoms with Gasteiger partial charge in [0.1, 0.15) is 5.76 Å². The molecule has 0 aliphatic heterocycles. The number of rotatable bonds is 3. The standard InChI is InChI=1S/C17H24ClNO/c1-15-5-12-6-16(2,9-15)11-17(7-12,10-15)19-8-13-3-4-14(18)20-13/h3-4,12,19H,5-11H2,1-2H3. The highest BCUT2D eigenvalue weighted by Gasteiger charge is 2.59. The summed E-state index contributed by atoms with van der Waals surface area (Å²) in [5.41, 5.74) is 1.45. The van der Waals surface area contributed by atoms with Crippen molar-refractivity contribution in [2.45, 2.75) is 64.5 Å². The maximum atomic E-state index is 5.86. The lowest BCUT2D eigenvalue weighted by molar-refractivity contribution is -0.118. The van der Waals surface area contributed by atoms with Gasteiger partial charge in [-0.15, -0.1) is 0 Å². The van der Waals surface area contributed by atoms with Crippen molar-refractivity contribution in [3.8, 4) is 0 Å². The van der Waals surface area contributed by atoms with Crippen molar-refractivity contribution in [1.29, 1.82) is 0 Å². The summed E-state index contributed by atoms with van der Waals surface area (Å²) in [7, 11) is 0. The van der Waals surface area contributed by atoms with Gasteiger partial charge in [-0.2, -0.15) is 0 Å². The molecular formula is C17H24ClNO. The van der Waals surface area contributed by atoms with Crippen molar-refractivity contribution in [1.82, 2.24) is 5.32 Å². The van der Waals surface area contributed by atoms with Crippen LogP contribution >= 0.6 is 11.6 Å². The van der Waals surface area contributed by atoms with Gasteiger partial charge in [0, 0.05) is 5.54 Å². The summed E-state index contributed by atoms with van der Waals surface area (Å²) < 4.78 is 5.50. The highest BCUT2D eigenvalue weighted by atomic mass is 35.5. The van der Waals surface area contributed by atoms with E-state index in [-0.39, 0.29) is 0 Å². The van der Waals surface area contributed by atoms with E-state index in [0.717, 1.165) is 18.2 Å². The molecule has 20 heavy (non-hydrogen) atoms. The van der Waals surface area contributed by atoms with Crippen LogP contribution in [0, 0.1) is 16.7 Å². The van der Waals surface area contributed by atoms with Crippen molar-refractivity contribution in [2.75, 3.05) is 0 Å². The molecule has 4 aliphatic carbocycles. The van der Waals surface area contributed by atoms with E-state index in [2.05, 4.69) is 19.2 Å². The van der Waals surface area contributed by atoms with E-state index in [1.165, 1.54) is 38.5 Å². The van der Waals surface area contributed by atoms with Crippen LogP contribution in [0.25, 0.3) is 0 Å². The van der Waals surface area contributed by atoms with Gasteiger partial charge in [0.25, 0.3) is 0 Å². The zero-order valence-corrected chi connectivity index (χ0v) is 13.2. The van der Waals surface area contributed by atoms with E-state index < -0.39 is 0 Å². The first-order valence-electron chi connectivity index (χ1n) is 7.87. The highest BCUT2D eigenvalue weighted by molar-refractivity contribution is 6.28. The normalized spacial score (nSPS) is 46.0. The van der Waals surface area contributed by atoms with Crippen molar-refractivity contribution in [2.24, 2.45) is 16.7 Å². The number of halogens is 1. The molecule has 4 saturated carbocycles. The number of nitrogens with one attached hydrogen (secondary N) is 1. The summed E-state index contributed by atoms with van der Waals surface area (Å²) in [4.78, 5) is 0. The lowest BCUT2D eigenvalue weighted by Crippen LogP contribution is -2.63. The van der Waals surface area contributed by atoms with E-state index in [1.807, 2.05) is 12.1 Å². The summed E-state index contributed by atoms with van der Waals surface area (Å²) in [5.74, 6) is 1.88. The Labute approximate surface area is 126 Å². The lowest BCUT2D eigenvalue weighted by atomic mass is 9.43. The van der Waals surface area contributed by atoms with Crippen molar-refractivity contribution in [3.05, 3.63) is 23.1 Å². The fourth-order valence-electron chi connectivity index (χ4n) is 6.37. The van der Waals surface area contributed by atoms with Crippen LogP contribution in [-0.4, -0.2) is 5.54 Å². The van der Waals surface area contributed by atoms with E-state index in [9.17, 15) is 0 Å². The van der Waals surface area contributed by atoms with E-state index >= 15 is 0 Å². The topological polar surface area (TPSA) is 25.2 Å². The first kappa shape index (κ1) is 13.2. The molecule has 1 aromatic rings. The second-order valence-corrected chi connectivity index (χ2v) is 8.84. The van der Waals surface area contributed by atoms with Crippen LogP contribution in [0.3, 0.4) is 0 Å². The Morgan fingerprint density at radius 2 is 1.85 bits per heavy atom. The summed E-state index contributed by atoms with van der Waals surface area (Å²) in [6.45, 7) is 5.83. The monoisotopic (exact) mass is 293 g/mol. The van der Waals surface area contributed by atoms with E-state index in [4.69, 9.17) is 16.0 Å². The Kier molecular flexibility index (Phi) is 2.67. The zero-order chi connectivity index (χ0) is 14.0. The average Bonchev–Trinajstić information content (AvgIpc) is 2.68. The van der Waals surface area contributed by atoms with Crippen LogP contribution in [0.15, 0.2) is 16.5 Å². The van der Waals surface area contributed by atoms with Gasteiger partial charge in [-0.1, -0.05) is 13.8 Å². The molecule has 0 amide bonds. The van der Waals surface area contributed by atoms with Crippen molar-refractivity contribution >= 4 is 11.6 Å². The quantitative estimate of drug-likeness (QED) is 0.868. The Morgan fingerprint density at radius 1 is 1.15 bits per heavy atom. The number of hydrogen-bond donors (Lipinski definition) is 1. The highest BCUT2D eigenvalue weighted by Crippen LogP contribution is 2.66. The average molecular weight is 294 g/mol. The molecular weight excluding hydrogens is 270 g/mol. The third kappa shape index (κ3) is 2.12. The first-order valence-corrected chi connectivity index (χ1v) is 8.25. The summed E-state index contributed by atoms with van der Waals surface area (Å²) in [6, 6.07) is 3.82. The fraction of sp³-hybridized carbons (Fsp3) is 0.765. The molecule has 1 N–H and O–H groups in total. The van der Waals surface area contributed by atoms with Crippen LogP contribution in [0.1, 0.15) is 58.1 Å². The smallest absolute Gasteiger partial charge is 0.193 e. The predicted molar refractivity (Wildman–Crippen MR) is 80.7 cm³/mol. The molecule has 0 saturated heterocycles. The minimum atomic E-state index is 0.335. The Hall–Kier alpha value is -0.470. The molecule has 4 bridgehead atoms. The van der Waals surface area contributed by atoms with Crippen LogP contribution in [-0.2, 0) is 6.54 Å². The SMILES string of the molecule is CC12CC3CC(C)(C1)CC(NCc1ccc(Cl)o1)(C3)C2. The summed E-state index contributed by atoms with van der Waals surface area (Å²) in [5, 5.41) is 4.35. The van der Waals surface area contributed by atoms with Crippen molar-refractivity contribution in [3.63, 3.8) is 0 Å². The largest absolute Gasteiger partial charge is 0.448 e. The Balaban J connectivity index is 1.55. The second-order valence-electron chi connectivity index (χ2n) is 8.47. The second kappa shape index (κ2) is 4.04. The van der Waals surface area contributed by atoms with Gasteiger partial charge < -0.3 is 9.73 Å². The minimum absolute atomic E-state index is 0.335. The fourth-order valence-corrected chi connectivity index (χ4v) is 6.53. The van der Waals surface area contributed by atoms with Crippen LogP contribution in [0.5, 0.6) is 0 Å². The number of hydrogen-bond acceptors (Lipinski definition) is 2. The van der Waals surface area contributed by atoms with Gasteiger partial charge >= 0.3 is 0 Å². The minimum Gasteiger partial charge on any atom is -0.448 e. The van der Waals surface area contributed by atoms with E-state index in [0.29, 0.717) is 21.6 Å². The summed E-state index contributed by atoms with van der Waals surface area (Å²) >= 11 is 5.86. The lowest BCUT2D eigenvalue weighted by Gasteiger charge is -2.65. The Bertz CT molecular complexity index is 519. The van der Waals surface area contributed by atoms with E-state index in [1.54, 1.807) is 0 Å². The molecule has 2 unspecified atom stereocenters. The molecule has 0 spiro atoms. The molecule has 0 radical (unpaired) electrons. The molecule has 4 aliphatic rings. The maximum Gasteiger partial charge on any atom is 0.193 e.